The number of nitrogens with one attached hydrogen (secondary N) is 1. The molecule has 0 atom stereocenters. The number of nitrogens with zero attached hydrogens (tertiary/aromatic N) is 1. The van der Waals surface area contributed by atoms with E-state index in [9.17, 15) is 12.8 Å². The Kier molecular flexibility index (Phi) is 4.07. The van der Waals surface area contributed by atoms with Crippen molar-refractivity contribution in [2.75, 3.05) is 4.72 Å². The highest BCUT2D eigenvalue weighted by Crippen LogP contribution is 2.21. The van der Waals surface area contributed by atoms with E-state index >= 15 is 0 Å². The average Bonchev–Trinajstić information content (AvgIpc) is 2.35. The summed E-state index contributed by atoms with van der Waals surface area (Å²) in [4.78, 5) is 3.61. The Morgan fingerprint density at radius 3 is 2.58 bits per heavy atom. The van der Waals surface area contributed by atoms with Gasteiger partial charge in [-0.3, -0.25) is 4.72 Å². The Morgan fingerprint density at radius 2 is 2.00 bits per heavy atom. The summed E-state index contributed by atoms with van der Waals surface area (Å²) in [7, 11) is -3.88. The summed E-state index contributed by atoms with van der Waals surface area (Å²) in [5.41, 5.74) is 0. The molecule has 4 nitrogen and oxygen atoms in total. The van der Waals surface area contributed by atoms with E-state index in [2.05, 4.69) is 25.6 Å². The zero-order valence-electron chi connectivity index (χ0n) is 9.27. The fourth-order valence-corrected chi connectivity index (χ4v) is 2.65. The molecule has 0 bridgehead atoms. The number of sulfonamides is 1. The largest absolute Gasteiger partial charge is 0.263 e. The lowest BCUT2D eigenvalue weighted by Gasteiger charge is -2.07. The molecule has 2 aromatic rings. The normalized spacial score (nSPS) is 11.3. The topological polar surface area (TPSA) is 59.1 Å². The van der Waals surface area contributed by atoms with E-state index in [4.69, 9.17) is 11.6 Å². The van der Waals surface area contributed by atoms with Crippen LogP contribution >= 0.6 is 27.5 Å². The molecule has 0 aliphatic carbocycles. The van der Waals surface area contributed by atoms with Crippen LogP contribution in [0.25, 0.3) is 0 Å². The molecule has 0 fully saturated rings. The molecule has 0 saturated heterocycles. The molecular formula is C11H7BrClFN2O2S. The summed E-state index contributed by atoms with van der Waals surface area (Å²) in [6, 6.07) is 6.43. The van der Waals surface area contributed by atoms with Gasteiger partial charge < -0.3 is 0 Å². The fraction of sp³-hybridized carbons (Fsp3) is 0. The van der Waals surface area contributed by atoms with E-state index in [0.29, 0.717) is 5.02 Å². The zero-order chi connectivity index (χ0) is 14.0. The molecule has 1 N–H and O–H groups in total. The second kappa shape index (κ2) is 5.44. The predicted molar refractivity (Wildman–Crippen MR) is 74.2 cm³/mol. The monoisotopic (exact) mass is 364 g/mol. The highest BCUT2D eigenvalue weighted by molar-refractivity contribution is 9.10. The molecule has 0 saturated carbocycles. The van der Waals surface area contributed by atoms with Crippen molar-refractivity contribution >= 4 is 43.4 Å². The number of anilines is 1. The molecule has 0 aliphatic rings. The summed E-state index contributed by atoms with van der Waals surface area (Å²) in [5.74, 6) is -0.556. The molecular weight excluding hydrogens is 359 g/mol. The quantitative estimate of drug-likeness (QED) is 0.906. The van der Waals surface area contributed by atoms with Crippen molar-refractivity contribution in [1.82, 2.24) is 4.98 Å². The maximum Gasteiger partial charge on any atom is 0.263 e. The van der Waals surface area contributed by atoms with Crippen LogP contribution in [0.3, 0.4) is 0 Å². The van der Waals surface area contributed by atoms with Crippen LogP contribution in [0, 0.1) is 5.82 Å². The summed E-state index contributed by atoms with van der Waals surface area (Å²) in [5, 5.41) is 0.387. The molecule has 100 valence electrons. The van der Waals surface area contributed by atoms with E-state index in [1.807, 2.05) is 0 Å². The third-order valence-electron chi connectivity index (χ3n) is 2.17. The smallest absolute Gasteiger partial charge is 0.263 e. The molecule has 1 aromatic carbocycles. The Balaban J connectivity index is 2.32. The molecule has 19 heavy (non-hydrogen) atoms. The summed E-state index contributed by atoms with van der Waals surface area (Å²) >= 11 is 8.60. The summed E-state index contributed by atoms with van der Waals surface area (Å²) < 4.78 is 39.7. The van der Waals surface area contributed by atoms with Crippen LogP contribution in [0.5, 0.6) is 0 Å². The number of pyridine rings is 1. The fourth-order valence-electron chi connectivity index (χ4n) is 1.28. The third-order valence-corrected chi connectivity index (χ3v) is 4.39. The van der Waals surface area contributed by atoms with Gasteiger partial charge in [-0.1, -0.05) is 11.6 Å². The van der Waals surface area contributed by atoms with Gasteiger partial charge >= 0.3 is 0 Å². The molecule has 1 heterocycles. The molecule has 8 heteroatoms. The highest BCUT2D eigenvalue weighted by Gasteiger charge is 2.16. The van der Waals surface area contributed by atoms with Crippen molar-refractivity contribution in [3.63, 3.8) is 0 Å². The molecule has 0 amide bonds. The van der Waals surface area contributed by atoms with E-state index in [1.165, 1.54) is 30.5 Å². The Labute approximate surface area is 122 Å². The van der Waals surface area contributed by atoms with Gasteiger partial charge in [0.2, 0.25) is 0 Å². The van der Waals surface area contributed by atoms with Crippen LogP contribution < -0.4 is 4.72 Å². The van der Waals surface area contributed by atoms with Gasteiger partial charge in [-0.2, -0.15) is 0 Å². The van der Waals surface area contributed by atoms with E-state index < -0.39 is 15.8 Å². The van der Waals surface area contributed by atoms with Gasteiger partial charge in [0.25, 0.3) is 10.0 Å². The second-order valence-electron chi connectivity index (χ2n) is 3.54. The minimum atomic E-state index is -3.88. The second-order valence-corrected chi connectivity index (χ2v) is 6.52. The number of rotatable bonds is 3. The average molecular weight is 366 g/mol. The van der Waals surface area contributed by atoms with Crippen LogP contribution in [-0.2, 0) is 10.0 Å². The van der Waals surface area contributed by atoms with Gasteiger partial charge in [0.15, 0.2) is 0 Å². The van der Waals surface area contributed by atoms with E-state index in [0.717, 1.165) is 6.07 Å². The van der Waals surface area contributed by atoms with Crippen LogP contribution in [0.4, 0.5) is 10.2 Å². The first-order chi connectivity index (χ1) is 8.88. The third kappa shape index (κ3) is 3.43. The molecule has 0 radical (unpaired) electrons. The number of aromatic nitrogens is 1. The maximum absolute atomic E-state index is 13.3. The minimum Gasteiger partial charge on any atom is -0.263 e. The van der Waals surface area contributed by atoms with Crippen LogP contribution in [-0.4, -0.2) is 13.4 Å². The molecule has 0 aliphatic heterocycles. The summed E-state index contributed by atoms with van der Waals surface area (Å²) in [6.45, 7) is 0. The first kappa shape index (κ1) is 14.2. The zero-order valence-corrected chi connectivity index (χ0v) is 12.4. The van der Waals surface area contributed by atoms with E-state index in [-0.39, 0.29) is 15.2 Å². The van der Waals surface area contributed by atoms with Gasteiger partial charge in [-0.15, -0.1) is 0 Å². The lowest BCUT2D eigenvalue weighted by atomic mass is 10.3. The number of benzene rings is 1. The van der Waals surface area contributed by atoms with Crippen molar-refractivity contribution in [2.24, 2.45) is 0 Å². The number of halogens is 3. The first-order valence-electron chi connectivity index (χ1n) is 4.98. The number of hydrogen-bond acceptors (Lipinski definition) is 3. The van der Waals surface area contributed by atoms with Crippen LogP contribution in [0.15, 0.2) is 45.9 Å². The standard InChI is InChI=1S/C11H7BrClFN2O2S/c12-9-3-2-8(5-10(9)14)19(17,18)16-11-4-1-7(13)6-15-11/h1-6H,(H,15,16). The van der Waals surface area contributed by atoms with Gasteiger partial charge in [-0.05, 0) is 46.3 Å². The first-order valence-corrected chi connectivity index (χ1v) is 7.63. The molecule has 0 spiro atoms. The van der Waals surface area contributed by atoms with Crippen molar-refractivity contribution in [1.29, 1.82) is 0 Å². The lowest BCUT2D eigenvalue weighted by molar-refractivity contribution is 0.593. The van der Waals surface area contributed by atoms with Crippen molar-refractivity contribution in [3.05, 3.63) is 51.8 Å². The predicted octanol–water partition coefficient (Wildman–Crippen LogP) is 3.44. The number of hydrogen-bond donors (Lipinski definition) is 1. The molecule has 2 rings (SSSR count). The SMILES string of the molecule is O=S(=O)(Nc1ccc(Cl)cn1)c1ccc(Br)c(F)c1. The van der Waals surface area contributed by atoms with Gasteiger partial charge in [0, 0.05) is 6.20 Å². The Hall–Kier alpha value is -1.18. The maximum atomic E-state index is 13.3. The Bertz CT molecular complexity index is 707. The summed E-state index contributed by atoms with van der Waals surface area (Å²) in [6.07, 6.45) is 1.31. The van der Waals surface area contributed by atoms with Crippen molar-refractivity contribution in [2.45, 2.75) is 4.90 Å². The van der Waals surface area contributed by atoms with E-state index in [1.54, 1.807) is 0 Å². The van der Waals surface area contributed by atoms with Crippen LogP contribution in [0.1, 0.15) is 0 Å². The Morgan fingerprint density at radius 1 is 1.26 bits per heavy atom. The molecule has 1 aromatic heterocycles. The lowest BCUT2D eigenvalue weighted by Crippen LogP contribution is -2.14. The van der Waals surface area contributed by atoms with Gasteiger partial charge in [-0.25, -0.2) is 17.8 Å². The highest BCUT2D eigenvalue weighted by atomic mass is 79.9. The van der Waals surface area contributed by atoms with Crippen molar-refractivity contribution in [3.8, 4) is 0 Å². The van der Waals surface area contributed by atoms with Crippen LogP contribution in [0.2, 0.25) is 5.02 Å². The van der Waals surface area contributed by atoms with Gasteiger partial charge in [0.05, 0.1) is 14.4 Å². The van der Waals surface area contributed by atoms with Gasteiger partial charge in [0.1, 0.15) is 11.6 Å². The van der Waals surface area contributed by atoms with Crippen molar-refractivity contribution < 1.29 is 12.8 Å². The minimum absolute atomic E-state index is 0.104. The molecule has 0 unspecified atom stereocenters.